The molecule has 8 nitrogen and oxygen atoms in total. The van der Waals surface area contributed by atoms with E-state index in [9.17, 15) is 23.1 Å². The van der Waals surface area contributed by atoms with Crippen molar-refractivity contribution in [2.75, 3.05) is 26.9 Å². The molecule has 0 saturated carbocycles. The van der Waals surface area contributed by atoms with Crippen LogP contribution in [0.1, 0.15) is 69.9 Å². The van der Waals surface area contributed by atoms with Crippen LogP contribution in [-0.2, 0) is 30.5 Å². The van der Waals surface area contributed by atoms with Crippen LogP contribution in [0.25, 0.3) is 5.70 Å². The average molecular weight is 652 g/mol. The summed E-state index contributed by atoms with van der Waals surface area (Å²) in [5.74, 6) is -2.16. The van der Waals surface area contributed by atoms with E-state index in [0.29, 0.717) is 17.3 Å². The number of carbonyl (C=O) groups is 1. The number of fused-ring (bicyclic) bond motifs is 1. The topological polar surface area (TPSA) is 86.0 Å². The molecular weight excluding hydrogens is 611 g/mol. The molecule has 250 valence electrons. The molecule has 0 amide bonds. The summed E-state index contributed by atoms with van der Waals surface area (Å²) in [6.07, 6.45) is 3.97. The Labute approximate surface area is 272 Å². The third-order valence-corrected chi connectivity index (χ3v) is 10.1. The van der Waals surface area contributed by atoms with E-state index in [0.717, 1.165) is 56.3 Å². The number of benzene rings is 2. The average Bonchev–Trinajstić information content (AvgIpc) is 3.72. The van der Waals surface area contributed by atoms with Crippen LogP contribution in [0.4, 0.5) is 13.2 Å². The Hall–Kier alpha value is -4.09. The maximum absolute atomic E-state index is 14.5. The first-order chi connectivity index (χ1) is 22.5. The maximum Gasteiger partial charge on any atom is 0.419 e. The van der Waals surface area contributed by atoms with Crippen molar-refractivity contribution in [2.24, 2.45) is 11.8 Å². The van der Waals surface area contributed by atoms with Gasteiger partial charge in [0, 0.05) is 48.8 Å². The number of carboxylic acids is 1. The van der Waals surface area contributed by atoms with Crippen LogP contribution < -0.4 is 9.47 Å². The zero-order chi connectivity index (χ0) is 33.5. The number of methoxy groups -OCH3 is 1. The van der Waals surface area contributed by atoms with Crippen molar-refractivity contribution >= 4 is 11.7 Å². The molecule has 1 aromatic heterocycles. The summed E-state index contributed by atoms with van der Waals surface area (Å²) in [4.78, 5) is 14.2. The van der Waals surface area contributed by atoms with Gasteiger partial charge in [-0.15, -0.1) is 0 Å². The van der Waals surface area contributed by atoms with Crippen LogP contribution in [0, 0.1) is 18.8 Å². The molecule has 6 rings (SSSR count). The van der Waals surface area contributed by atoms with Crippen molar-refractivity contribution in [3.63, 3.8) is 0 Å². The number of nitrogens with zero attached hydrogens (tertiary/aromatic N) is 3. The number of aromatic nitrogens is 2. The number of para-hydroxylation sites is 1. The second-order valence-electron chi connectivity index (χ2n) is 12.7. The number of allylic oxidation sites excluding steroid dienone is 4. The smallest absolute Gasteiger partial charge is 0.419 e. The van der Waals surface area contributed by atoms with Crippen LogP contribution in [0.2, 0.25) is 0 Å². The van der Waals surface area contributed by atoms with E-state index in [-0.39, 0.29) is 35.6 Å². The normalized spacial score (nSPS) is 23.3. The van der Waals surface area contributed by atoms with E-state index in [1.54, 1.807) is 18.2 Å². The van der Waals surface area contributed by atoms with Crippen molar-refractivity contribution in [1.29, 1.82) is 0 Å². The first kappa shape index (κ1) is 32.8. The second kappa shape index (κ2) is 13.2. The fourth-order valence-corrected chi connectivity index (χ4v) is 7.24. The van der Waals surface area contributed by atoms with Crippen molar-refractivity contribution in [2.45, 2.75) is 64.9 Å². The van der Waals surface area contributed by atoms with Crippen molar-refractivity contribution in [1.82, 2.24) is 14.7 Å². The minimum Gasteiger partial charge on any atom is -0.488 e. The third-order valence-electron chi connectivity index (χ3n) is 10.1. The predicted molar refractivity (Wildman–Crippen MR) is 171 cm³/mol. The van der Waals surface area contributed by atoms with E-state index in [1.165, 1.54) is 35.2 Å². The number of halogens is 3. The summed E-state index contributed by atoms with van der Waals surface area (Å²) in [5, 5.41) is 13.8. The van der Waals surface area contributed by atoms with Gasteiger partial charge in [0.05, 0.1) is 25.5 Å². The van der Waals surface area contributed by atoms with Crippen LogP contribution >= 0.6 is 0 Å². The van der Waals surface area contributed by atoms with Gasteiger partial charge >= 0.3 is 12.1 Å². The van der Waals surface area contributed by atoms with Gasteiger partial charge in [-0.05, 0) is 60.1 Å². The summed E-state index contributed by atoms with van der Waals surface area (Å²) in [6, 6.07) is 8.70. The van der Waals surface area contributed by atoms with E-state index in [2.05, 4.69) is 16.1 Å². The van der Waals surface area contributed by atoms with Gasteiger partial charge in [-0.1, -0.05) is 50.3 Å². The Morgan fingerprint density at radius 2 is 2.00 bits per heavy atom. The summed E-state index contributed by atoms with van der Waals surface area (Å²) >= 11 is 0. The number of hydrogen-bond acceptors (Lipinski definition) is 6. The van der Waals surface area contributed by atoms with Crippen molar-refractivity contribution in [3.8, 4) is 11.6 Å². The summed E-state index contributed by atoms with van der Waals surface area (Å²) in [7, 11) is 1.38. The summed E-state index contributed by atoms with van der Waals surface area (Å²) in [6.45, 7) is 9.27. The molecule has 3 aliphatic rings. The number of carboxylic acid groups (broad SMARTS) is 1. The lowest BCUT2D eigenvalue weighted by Gasteiger charge is -2.34. The molecule has 3 heterocycles. The highest BCUT2D eigenvalue weighted by molar-refractivity contribution is 5.90. The van der Waals surface area contributed by atoms with Gasteiger partial charge in [0.15, 0.2) is 0 Å². The molecule has 3 aromatic rings. The van der Waals surface area contributed by atoms with Crippen molar-refractivity contribution in [3.05, 3.63) is 93.7 Å². The highest BCUT2D eigenvalue weighted by Gasteiger charge is 2.38. The second-order valence-corrected chi connectivity index (χ2v) is 12.7. The van der Waals surface area contributed by atoms with Gasteiger partial charge in [-0.3, -0.25) is 4.90 Å². The third kappa shape index (κ3) is 6.30. The van der Waals surface area contributed by atoms with Gasteiger partial charge < -0.3 is 19.3 Å². The molecule has 0 spiro atoms. The minimum atomic E-state index is -4.62. The number of aromatic carboxylic acids is 1. The number of rotatable bonds is 8. The molecule has 0 bridgehead atoms. The molecule has 11 heteroatoms. The Morgan fingerprint density at radius 1 is 1.19 bits per heavy atom. The van der Waals surface area contributed by atoms with E-state index >= 15 is 0 Å². The first-order valence-corrected chi connectivity index (χ1v) is 16.0. The fourth-order valence-electron chi connectivity index (χ4n) is 7.24. The fraction of sp³-hybridized carbons (Fsp3) is 0.444. The molecule has 4 atom stereocenters. The lowest BCUT2D eigenvalue weighted by atomic mass is 9.78. The molecule has 1 aliphatic carbocycles. The SMILES string of the molecule is COc1c(C(=O)O)cnn1C1=CC=CC(c2cccc(C(F)(F)F)c2OCc2ccc3c(c2C)CCN(C2CCOC2)C3)C(C)C1C. The summed E-state index contributed by atoms with van der Waals surface area (Å²) in [5.41, 5.74) is 4.64. The standard InChI is InChI=1S/C36H40F3N3O5/c1-21-22(2)32(42-34(45-4)30(17-40-42)35(43)44)10-6-7-28(21)29-8-5-9-31(36(37,38)39)33(29)47-19-25-12-11-24-18-41(26-14-16-46-20-26)15-13-27(24)23(25)3/h5-12,17,21-22,26,28H,13-16,18-20H2,1-4H3,(H,43,44). The molecule has 4 unspecified atom stereocenters. The van der Waals surface area contributed by atoms with Gasteiger partial charge in [0.25, 0.3) is 0 Å². The monoisotopic (exact) mass is 651 g/mol. The number of hydrogen-bond donors (Lipinski definition) is 1. The molecule has 0 radical (unpaired) electrons. The predicted octanol–water partition coefficient (Wildman–Crippen LogP) is 7.11. The molecule has 2 aliphatic heterocycles. The summed E-state index contributed by atoms with van der Waals surface area (Å²) < 4.78 is 62.1. The Kier molecular flexibility index (Phi) is 9.22. The quantitative estimate of drug-likeness (QED) is 0.278. The maximum atomic E-state index is 14.5. The van der Waals surface area contributed by atoms with Crippen LogP contribution in [-0.4, -0.2) is 58.7 Å². The number of alkyl halides is 3. The van der Waals surface area contributed by atoms with Gasteiger partial charge in [-0.25, -0.2) is 9.48 Å². The van der Waals surface area contributed by atoms with Crippen molar-refractivity contribution < 1.29 is 37.3 Å². The molecule has 1 N–H and O–H groups in total. The highest BCUT2D eigenvalue weighted by Crippen LogP contribution is 2.46. The van der Waals surface area contributed by atoms with Gasteiger partial charge in [0.2, 0.25) is 5.88 Å². The highest BCUT2D eigenvalue weighted by atomic mass is 19.4. The van der Waals surface area contributed by atoms with E-state index in [4.69, 9.17) is 14.2 Å². The Balaban J connectivity index is 1.28. The van der Waals surface area contributed by atoms with E-state index < -0.39 is 23.6 Å². The van der Waals surface area contributed by atoms with Gasteiger partial charge in [0.1, 0.15) is 17.9 Å². The Bertz CT molecular complexity index is 1710. The Morgan fingerprint density at radius 3 is 2.70 bits per heavy atom. The minimum absolute atomic E-state index is 0.00566. The lowest BCUT2D eigenvalue weighted by molar-refractivity contribution is -0.139. The molecule has 47 heavy (non-hydrogen) atoms. The molecular formula is C36H40F3N3O5. The van der Waals surface area contributed by atoms with Crippen LogP contribution in [0.5, 0.6) is 11.6 Å². The first-order valence-electron chi connectivity index (χ1n) is 16.0. The zero-order valence-corrected chi connectivity index (χ0v) is 27.0. The van der Waals surface area contributed by atoms with Gasteiger partial charge in [-0.2, -0.15) is 18.3 Å². The van der Waals surface area contributed by atoms with E-state index in [1.807, 2.05) is 32.9 Å². The number of ether oxygens (including phenoxy) is 3. The largest absolute Gasteiger partial charge is 0.488 e. The zero-order valence-electron chi connectivity index (χ0n) is 27.0. The molecule has 1 saturated heterocycles. The van der Waals surface area contributed by atoms with Crippen LogP contribution in [0.3, 0.4) is 0 Å². The lowest BCUT2D eigenvalue weighted by Crippen LogP contribution is -2.39. The van der Waals surface area contributed by atoms with Crippen LogP contribution in [0.15, 0.2) is 54.8 Å². The molecule has 2 aromatic carbocycles. The molecule has 1 fully saturated rings.